The van der Waals surface area contributed by atoms with Gasteiger partial charge in [0.15, 0.2) is 0 Å². The van der Waals surface area contributed by atoms with Crippen LogP contribution >= 0.6 is 11.3 Å². The lowest BCUT2D eigenvalue weighted by Gasteiger charge is -2.14. The molecule has 0 unspecified atom stereocenters. The number of hydrogen-bond acceptors (Lipinski definition) is 4. The highest BCUT2D eigenvalue weighted by Gasteiger charge is 2.12. The molecule has 2 aromatic heterocycles. The number of rotatable bonds is 6. The van der Waals surface area contributed by atoms with Gasteiger partial charge in [0.25, 0.3) is 5.91 Å². The molecule has 0 aliphatic carbocycles. The molecule has 1 amide bonds. The number of hydrogen-bond donors (Lipinski definition) is 2. The second-order valence-corrected chi connectivity index (χ2v) is 5.08. The first-order valence-corrected chi connectivity index (χ1v) is 7.05. The van der Waals surface area contributed by atoms with E-state index in [1.54, 1.807) is 12.3 Å². The van der Waals surface area contributed by atoms with Crippen LogP contribution in [0.15, 0.2) is 41.2 Å². The van der Waals surface area contributed by atoms with Crippen LogP contribution in [0.4, 0.5) is 0 Å². The minimum absolute atomic E-state index is 0.0162. The highest BCUT2D eigenvalue weighted by molar-refractivity contribution is 7.08. The van der Waals surface area contributed by atoms with E-state index < -0.39 is 0 Å². The van der Waals surface area contributed by atoms with Crippen molar-refractivity contribution in [2.45, 2.75) is 6.42 Å². The Bertz CT molecular complexity index is 499. The molecular formula is C14H16N2O2S. The van der Waals surface area contributed by atoms with Crippen molar-refractivity contribution < 1.29 is 9.90 Å². The SMILES string of the molecule is O=C(NC[C@@H](CO)Cc1ccccn1)c1ccsc1. The third kappa shape index (κ3) is 4.15. The fourth-order valence-electron chi connectivity index (χ4n) is 1.75. The highest BCUT2D eigenvalue weighted by atomic mass is 32.1. The van der Waals surface area contributed by atoms with Crippen molar-refractivity contribution in [3.05, 3.63) is 52.5 Å². The Balaban J connectivity index is 1.84. The van der Waals surface area contributed by atoms with E-state index in [4.69, 9.17) is 0 Å². The lowest BCUT2D eigenvalue weighted by molar-refractivity contribution is 0.0940. The maximum Gasteiger partial charge on any atom is 0.252 e. The molecule has 4 nitrogen and oxygen atoms in total. The molecule has 2 N–H and O–H groups in total. The Labute approximate surface area is 116 Å². The fourth-order valence-corrected chi connectivity index (χ4v) is 2.38. The van der Waals surface area contributed by atoms with Crippen molar-refractivity contribution in [1.29, 1.82) is 0 Å². The molecule has 0 saturated heterocycles. The van der Waals surface area contributed by atoms with Crippen LogP contribution in [0.2, 0.25) is 0 Å². The summed E-state index contributed by atoms with van der Waals surface area (Å²) in [6.07, 6.45) is 2.38. The predicted molar refractivity (Wildman–Crippen MR) is 75.2 cm³/mol. The first-order chi connectivity index (χ1) is 9.29. The van der Waals surface area contributed by atoms with E-state index >= 15 is 0 Å². The number of thiophene rings is 1. The molecular weight excluding hydrogens is 260 g/mol. The van der Waals surface area contributed by atoms with Crippen molar-refractivity contribution in [1.82, 2.24) is 10.3 Å². The van der Waals surface area contributed by atoms with Gasteiger partial charge in [-0.05, 0) is 30.0 Å². The molecule has 5 heteroatoms. The van der Waals surface area contributed by atoms with Crippen LogP contribution in [0.1, 0.15) is 16.1 Å². The van der Waals surface area contributed by atoms with E-state index in [-0.39, 0.29) is 18.4 Å². The van der Waals surface area contributed by atoms with Crippen LogP contribution < -0.4 is 5.32 Å². The van der Waals surface area contributed by atoms with Gasteiger partial charge >= 0.3 is 0 Å². The summed E-state index contributed by atoms with van der Waals surface area (Å²) in [6.45, 7) is 0.474. The number of aromatic nitrogens is 1. The first kappa shape index (κ1) is 13.7. The molecule has 2 rings (SSSR count). The van der Waals surface area contributed by atoms with Crippen molar-refractivity contribution in [2.24, 2.45) is 5.92 Å². The molecule has 0 spiro atoms. The molecule has 0 fully saturated rings. The standard InChI is InChI=1S/C14H16N2O2S/c17-9-11(7-13-3-1-2-5-15-13)8-16-14(18)12-4-6-19-10-12/h1-6,10-11,17H,7-9H2,(H,16,18)/t11-/m0/s1. The summed E-state index contributed by atoms with van der Waals surface area (Å²) < 4.78 is 0. The fraction of sp³-hybridized carbons (Fsp3) is 0.286. The second-order valence-electron chi connectivity index (χ2n) is 4.30. The van der Waals surface area contributed by atoms with Gasteiger partial charge in [-0.3, -0.25) is 9.78 Å². The lowest BCUT2D eigenvalue weighted by atomic mass is 10.0. The van der Waals surface area contributed by atoms with Crippen LogP contribution in [-0.2, 0) is 6.42 Å². The zero-order valence-corrected chi connectivity index (χ0v) is 11.3. The maximum absolute atomic E-state index is 11.8. The molecule has 0 aliphatic rings. The van der Waals surface area contributed by atoms with Gasteiger partial charge in [-0.25, -0.2) is 0 Å². The number of pyridine rings is 1. The van der Waals surface area contributed by atoms with E-state index in [2.05, 4.69) is 10.3 Å². The number of aliphatic hydroxyl groups is 1. The minimum atomic E-state index is -0.0966. The van der Waals surface area contributed by atoms with Crippen LogP contribution in [0.25, 0.3) is 0 Å². The van der Waals surface area contributed by atoms with Gasteiger partial charge in [-0.1, -0.05) is 6.07 Å². The van der Waals surface area contributed by atoms with Gasteiger partial charge in [-0.15, -0.1) is 0 Å². The topological polar surface area (TPSA) is 62.2 Å². The zero-order chi connectivity index (χ0) is 13.5. The molecule has 19 heavy (non-hydrogen) atoms. The summed E-state index contributed by atoms with van der Waals surface area (Å²) in [6, 6.07) is 7.48. The maximum atomic E-state index is 11.8. The minimum Gasteiger partial charge on any atom is -0.396 e. The Kier molecular flexibility index (Phi) is 5.06. The summed E-state index contributed by atoms with van der Waals surface area (Å²) in [5.41, 5.74) is 1.59. The van der Waals surface area contributed by atoms with Gasteiger partial charge in [-0.2, -0.15) is 11.3 Å². The molecule has 100 valence electrons. The van der Waals surface area contributed by atoms with Crippen molar-refractivity contribution in [3.8, 4) is 0 Å². The van der Waals surface area contributed by atoms with Crippen LogP contribution in [-0.4, -0.2) is 29.1 Å². The Morgan fingerprint density at radius 2 is 2.32 bits per heavy atom. The van der Waals surface area contributed by atoms with Crippen molar-refractivity contribution in [2.75, 3.05) is 13.2 Å². The van der Waals surface area contributed by atoms with E-state index in [1.165, 1.54) is 11.3 Å². The molecule has 0 saturated carbocycles. The summed E-state index contributed by atoms with van der Waals surface area (Å²) in [5.74, 6) is -0.113. The summed E-state index contributed by atoms with van der Waals surface area (Å²) in [5, 5.41) is 15.9. The number of amides is 1. The van der Waals surface area contributed by atoms with Gasteiger partial charge in [0.2, 0.25) is 0 Å². The Hall–Kier alpha value is -1.72. The summed E-state index contributed by atoms with van der Waals surface area (Å²) in [4.78, 5) is 16.0. The monoisotopic (exact) mass is 276 g/mol. The largest absolute Gasteiger partial charge is 0.396 e. The van der Waals surface area contributed by atoms with Crippen LogP contribution in [0, 0.1) is 5.92 Å². The average Bonchev–Trinajstić information content (AvgIpc) is 2.98. The van der Waals surface area contributed by atoms with Crippen molar-refractivity contribution >= 4 is 17.2 Å². The molecule has 0 aromatic carbocycles. The van der Waals surface area contributed by atoms with Crippen molar-refractivity contribution in [3.63, 3.8) is 0 Å². The van der Waals surface area contributed by atoms with E-state index in [9.17, 15) is 9.90 Å². The summed E-state index contributed by atoms with van der Waals surface area (Å²) >= 11 is 1.49. The van der Waals surface area contributed by atoms with Crippen LogP contribution in [0.5, 0.6) is 0 Å². The first-order valence-electron chi connectivity index (χ1n) is 6.10. The van der Waals surface area contributed by atoms with E-state index in [1.807, 2.05) is 29.0 Å². The second kappa shape index (κ2) is 7.01. The third-order valence-electron chi connectivity index (χ3n) is 2.82. The molecule has 2 heterocycles. The highest BCUT2D eigenvalue weighted by Crippen LogP contribution is 2.07. The summed E-state index contributed by atoms with van der Waals surface area (Å²) in [7, 11) is 0. The van der Waals surface area contributed by atoms with Gasteiger partial charge in [0.1, 0.15) is 0 Å². The molecule has 1 atom stereocenters. The number of carbonyl (C=O) groups is 1. The number of nitrogens with zero attached hydrogens (tertiary/aromatic N) is 1. The number of carbonyl (C=O) groups excluding carboxylic acids is 1. The third-order valence-corrected chi connectivity index (χ3v) is 3.50. The molecule has 0 radical (unpaired) electrons. The zero-order valence-electron chi connectivity index (χ0n) is 10.5. The average molecular weight is 276 g/mol. The molecule has 0 bridgehead atoms. The van der Waals surface area contributed by atoms with Gasteiger partial charge in [0, 0.05) is 41.9 Å². The van der Waals surface area contributed by atoms with Crippen LogP contribution in [0.3, 0.4) is 0 Å². The smallest absolute Gasteiger partial charge is 0.252 e. The Morgan fingerprint density at radius 1 is 1.42 bits per heavy atom. The predicted octanol–water partition coefficient (Wildman–Crippen LogP) is 1.72. The van der Waals surface area contributed by atoms with E-state index in [0.29, 0.717) is 18.5 Å². The number of aliphatic hydroxyl groups excluding tert-OH is 1. The number of nitrogens with one attached hydrogen (secondary N) is 1. The molecule has 2 aromatic rings. The normalized spacial score (nSPS) is 12.1. The van der Waals surface area contributed by atoms with Gasteiger partial charge in [0.05, 0.1) is 0 Å². The van der Waals surface area contributed by atoms with Gasteiger partial charge < -0.3 is 10.4 Å². The van der Waals surface area contributed by atoms with E-state index in [0.717, 1.165) is 5.69 Å². The lowest BCUT2D eigenvalue weighted by Crippen LogP contribution is -2.31. The Morgan fingerprint density at radius 3 is 2.95 bits per heavy atom. The molecule has 0 aliphatic heterocycles. The quantitative estimate of drug-likeness (QED) is 0.844.